The van der Waals surface area contributed by atoms with Gasteiger partial charge in [-0.1, -0.05) is 5.16 Å². The summed E-state index contributed by atoms with van der Waals surface area (Å²) < 4.78 is 52.1. The van der Waals surface area contributed by atoms with Crippen LogP contribution in [0.5, 0.6) is 0 Å². The van der Waals surface area contributed by atoms with Crippen LogP contribution in [0.25, 0.3) is 0 Å². The van der Waals surface area contributed by atoms with Crippen molar-refractivity contribution in [2.75, 3.05) is 5.32 Å². The Morgan fingerprint density at radius 1 is 1.57 bits per heavy atom. The molecular weight excluding hydrogens is 208 g/mol. The van der Waals surface area contributed by atoms with Gasteiger partial charge in [0, 0.05) is 0 Å². The molecule has 1 N–H and O–H groups in total. The van der Waals surface area contributed by atoms with E-state index in [-0.39, 0.29) is 5.69 Å². The minimum absolute atomic E-state index is 0.213. The van der Waals surface area contributed by atoms with E-state index in [1.165, 1.54) is 5.32 Å². The molecule has 0 bridgehead atoms. The summed E-state index contributed by atoms with van der Waals surface area (Å²) in [5.74, 6) is -6.83. The SMILES string of the molecule is O=C(Nc1cnoc1)C(F)(F)C(F)F. The summed E-state index contributed by atoms with van der Waals surface area (Å²) in [6.45, 7) is 0. The van der Waals surface area contributed by atoms with Gasteiger partial charge in [-0.05, 0) is 0 Å². The molecule has 0 aliphatic carbocycles. The minimum Gasteiger partial charge on any atom is -0.363 e. The second-order valence-corrected chi connectivity index (χ2v) is 2.29. The Morgan fingerprint density at radius 2 is 2.21 bits per heavy atom. The van der Waals surface area contributed by atoms with E-state index < -0.39 is 18.3 Å². The summed E-state index contributed by atoms with van der Waals surface area (Å²) in [6, 6.07) is 0. The Balaban J connectivity index is 2.67. The first-order valence-electron chi connectivity index (χ1n) is 3.31. The van der Waals surface area contributed by atoms with Gasteiger partial charge in [-0.3, -0.25) is 4.79 Å². The molecule has 0 radical (unpaired) electrons. The molecule has 14 heavy (non-hydrogen) atoms. The van der Waals surface area contributed by atoms with Gasteiger partial charge in [-0.25, -0.2) is 8.78 Å². The molecule has 0 unspecified atom stereocenters. The molecule has 78 valence electrons. The standard InChI is InChI=1S/C6H4F4N2O2/c7-4(8)6(9,10)5(13)12-3-1-11-14-2-3/h1-2,4H,(H,12,13). The lowest BCUT2D eigenvalue weighted by molar-refractivity contribution is -0.163. The van der Waals surface area contributed by atoms with Crippen LogP contribution >= 0.6 is 0 Å². The summed E-state index contributed by atoms with van der Waals surface area (Å²) in [4.78, 5) is 10.6. The molecule has 1 heterocycles. The zero-order chi connectivity index (χ0) is 10.8. The van der Waals surface area contributed by atoms with Gasteiger partial charge in [0.15, 0.2) is 0 Å². The number of amides is 1. The molecule has 8 heteroatoms. The largest absolute Gasteiger partial charge is 0.383 e. The number of rotatable bonds is 3. The van der Waals surface area contributed by atoms with Crippen molar-refractivity contribution in [3.05, 3.63) is 12.5 Å². The lowest BCUT2D eigenvalue weighted by Gasteiger charge is -2.13. The van der Waals surface area contributed by atoms with Crippen LogP contribution in [0.3, 0.4) is 0 Å². The third kappa shape index (κ3) is 2.01. The molecule has 1 amide bonds. The first-order valence-corrected chi connectivity index (χ1v) is 3.31. The van der Waals surface area contributed by atoms with Crippen molar-refractivity contribution in [2.24, 2.45) is 0 Å². The van der Waals surface area contributed by atoms with E-state index in [4.69, 9.17) is 0 Å². The Kier molecular flexibility index (Phi) is 2.73. The third-order valence-corrected chi connectivity index (χ3v) is 1.27. The summed E-state index contributed by atoms with van der Waals surface area (Å²) in [5.41, 5.74) is -0.213. The van der Waals surface area contributed by atoms with Crippen LogP contribution < -0.4 is 5.32 Å². The highest BCUT2D eigenvalue weighted by Gasteiger charge is 2.49. The van der Waals surface area contributed by atoms with Crippen LogP contribution in [0.15, 0.2) is 17.0 Å². The monoisotopic (exact) mass is 212 g/mol. The smallest absolute Gasteiger partial charge is 0.363 e. The highest BCUT2D eigenvalue weighted by molar-refractivity contribution is 5.96. The fourth-order valence-electron chi connectivity index (χ4n) is 0.580. The molecule has 0 spiro atoms. The summed E-state index contributed by atoms with van der Waals surface area (Å²) in [5, 5.41) is 4.60. The minimum atomic E-state index is -4.72. The van der Waals surface area contributed by atoms with Gasteiger partial charge < -0.3 is 9.84 Å². The van der Waals surface area contributed by atoms with E-state index in [1.54, 1.807) is 0 Å². The highest BCUT2D eigenvalue weighted by atomic mass is 19.3. The Morgan fingerprint density at radius 3 is 2.64 bits per heavy atom. The average Bonchev–Trinajstić information content (AvgIpc) is 2.56. The summed E-state index contributed by atoms with van der Waals surface area (Å²) >= 11 is 0. The van der Waals surface area contributed by atoms with Crippen molar-refractivity contribution in [2.45, 2.75) is 12.3 Å². The summed E-state index contributed by atoms with van der Waals surface area (Å²) in [7, 11) is 0. The lowest BCUT2D eigenvalue weighted by Crippen LogP contribution is -2.40. The van der Waals surface area contributed by atoms with Crippen molar-refractivity contribution in [1.29, 1.82) is 0 Å². The highest BCUT2D eigenvalue weighted by Crippen LogP contribution is 2.24. The fraction of sp³-hybridized carbons (Fsp3) is 0.333. The number of nitrogens with zero attached hydrogens (tertiary/aromatic N) is 1. The molecule has 4 nitrogen and oxygen atoms in total. The number of anilines is 1. The second kappa shape index (κ2) is 3.64. The number of halogens is 4. The maximum Gasteiger partial charge on any atom is 0.383 e. The van der Waals surface area contributed by atoms with Crippen molar-refractivity contribution in [1.82, 2.24) is 5.16 Å². The topological polar surface area (TPSA) is 55.1 Å². The predicted octanol–water partition coefficient (Wildman–Crippen LogP) is 1.51. The third-order valence-electron chi connectivity index (χ3n) is 1.27. The number of hydrogen-bond acceptors (Lipinski definition) is 3. The van der Waals surface area contributed by atoms with Crippen molar-refractivity contribution < 1.29 is 26.9 Å². The molecule has 0 aliphatic rings. The number of alkyl halides is 4. The molecule has 0 atom stereocenters. The number of aromatic nitrogens is 1. The molecule has 0 fully saturated rings. The van der Waals surface area contributed by atoms with E-state index in [0.717, 1.165) is 12.5 Å². The van der Waals surface area contributed by atoms with Crippen LogP contribution in [0, 0.1) is 0 Å². The Labute approximate surface area is 74.9 Å². The maximum atomic E-state index is 12.3. The zero-order valence-corrected chi connectivity index (χ0v) is 6.51. The molecule has 0 saturated carbocycles. The zero-order valence-electron chi connectivity index (χ0n) is 6.51. The molecule has 1 rings (SSSR count). The molecule has 0 aromatic carbocycles. The van der Waals surface area contributed by atoms with E-state index in [0.29, 0.717) is 0 Å². The van der Waals surface area contributed by atoms with Crippen molar-refractivity contribution in [3.8, 4) is 0 Å². The Bertz CT molecular complexity index is 312. The van der Waals surface area contributed by atoms with Crippen LogP contribution in [-0.2, 0) is 4.79 Å². The average molecular weight is 212 g/mol. The molecule has 0 aliphatic heterocycles. The van der Waals surface area contributed by atoms with Gasteiger partial charge in [-0.15, -0.1) is 0 Å². The van der Waals surface area contributed by atoms with Crippen molar-refractivity contribution >= 4 is 11.6 Å². The van der Waals surface area contributed by atoms with E-state index in [1.807, 2.05) is 0 Å². The van der Waals surface area contributed by atoms with E-state index in [2.05, 4.69) is 9.68 Å². The second-order valence-electron chi connectivity index (χ2n) is 2.29. The van der Waals surface area contributed by atoms with Crippen LogP contribution in [0.1, 0.15) is 0 Å². The van der Waals surface area contributed by atoms with Gasteiger partial charge in [0.25, 0.3) is 0 Å². The lowest BCUT2D eigenvalue weighted by atomic mass is 10.3. The van der Waals surface area contributed by atoms with Crippen LogP contribution in [0.4, 0.5) is 23.2 Å². The normalized spacial score (nSPS) is 11.8. The number of carbonyl (C=O) groups is 1. The number of hydrogen-bond donors (Lipinski definition) is 1. The first-order chi connectivity index (χ1) is 6.44. The molecular formula is C6H4F4N2O2. The van der Waals surface area contributed by atoms with E-state index in [9.17, 15) is 22.4 Å². The quantitative estimate of drug-likeness (QED) is 0.772. The predicted molar refractivity (Wildman–Crippen MR) is 36.1 cm³/mol. The molecule has 1 aromatic rings. The van der Waals surface area contributed by atoms with Gasteiger partial charge in [0.2, 0.25) is 0 Å². The van der Waals surface area contributed by atoms with Gasteiger partial charge >= 0.3 is 18.3 Å². The first kappa shape index (κ1) is 10.5. The molecule has 0 saturated heterocycles. The number of nitrogens with one attached hydrogen (secondary N) is 1. The fourth-order valence-corrected chi connectivity index (χ4v) is 0.580. The molecule has 1 aromatic heterocycles. The van der Waals surface area contributed by atoms with Crippen molar-refractivity contribution in [3.63, 3.8) is 0 Å². The van der Waals surface area contributed by atoms with Crippen LogP contribution in [0.2, 0.25) is 0 Å². The maximum absolute atomic E-state index is 12.3. The van der Waals surface area contributed by atoms with Gasteiger partial charge in [0.1, 0.15) is 12.0 Å². The van der Waals surface area contributed by atoms with Gasteiger partial charge in [0.05, 0.1) is 6.20 Å². The Hall–Kier alpha value is -1.60. The van der Waals surface area contributed by atoms with Gasteiger partial charge in [-0.2, -0.15) is 8.78 Å². The van der Waals surface area contributed by atoms with Crippen LogP contribution in [-0.4, -0.2) is 23.4 Å². The summed E-state index contributed by atoms with van der Waals surface area (Å²) in [6.07, 6.45) is -2.32. The van der Waals surface area contributed by atoms with E-state index >= 15 is 0 Å². The number of carbonyl (C=O) groups excluding carboxylic acids is 1.